The highest BCUT2D eigenvalue weighted by Crippen LogP contribution is 2.76. The first-order chi connectivity index (χ1) is 20.7. The molecule has 4 fully saturated rings. The minimum Gasteiger partial charge on any atom is -0.481 e. The summed E-state index contributed by atoms with van der Waals surface area (Å²) in [4.78, 5) is 50.0. The number of carboxylic acid groups (broad SMARTS) is 1. The van der Waals surface area contributed by atoms with Crippen LogP contribution >= 0.6 is 0 Å². The van der Waals surface area contributed by atoms with Crippen molar-refractivity contribution in [1.29, 1.82) is 0 Å². The average molecular weight is 631 g/mol. The molecule has 5 rings (SSSR count). The zero-order valence-corrected chi connectivity index (χ0v) is 28.7. The van der Waals surface area contributed by atoms with E-state index in [0.717, 1.165) is 24.8 Å². The molecule has 0 radical (unpaired) electrons. The molecule has 9 heteroatoms. The number of hydrogen-bond acceptors (Lipinski definition) is 8. The molecule has 0 aromatic rings. The van der Waals surface area contributed by atoms with Crippen molar-refractivity contribution in [1.82, 2.24) is 0 Å². The lowest BCUT2D eigenvalue weighted by Crippen LogP contribution is -2.69. The number of carboxylic acids is 1. The molecule has 9 nitrogen and oxygen atoms in total. The van der Waals surface area contributed by atoms with E-state index in [0.29, 0.717) is 32.1 Å². The molecule has 2 N–H and O–H groups in total. The molecule has 3 unspecified atom stereocenters. The van der Waals surface area contributed by atoms with Crippen LogP contribution in [0.4, 0.5) is 0 Å². The zero-order valence-electron chi connectivity index (χ0n) is 28.7. The van der Waals surface area contributed by atoms with Gasteiger partial charge in [0.2, 0.25) is 0 Å². The van der Waals surface area contributed by atoms with Crippen LogP contribution in [0.2, 0.25) is 0 Å². The van der Waals surface area contributed by atoms with E-state index in [2.05, 4.69) is 40.7 Å². The minimum atomic E-state index is -0.976. The maximum atomic E-state index is 13.0. The number of allylic oxidation sites excluding steroid dienone is 1. The van der Waals surface area contributed by atoms with Crippen LogP contribution in [-0.4, -0.2) is 59.0 Å². The van der Waals surface area contributed by atoms with Crippen molar-refractivity contribution >= 4 is 23.9 Å². The van der Waals surface area contributed by atoms with E-state index in [1.165, 1.54) is 20.8 Å². The number of carbonyl (C=O) groups is 4. The Morgan fingerprint density at radius 3 is 2.04 bits per heavy atom. The van der Waals surface area contributed by atoms with Crippen LogP contribution in [0.1, 0.15) is 114 Å². The second-order valence-corrected chi connectivity index (χ2v) is 16.8. The average Bonchev–Trinajstić information content (AvgIpc) is 2.91. The van der Waals surface area contributed by atoms with Crippen LogP contribution in [0.5, 0.6) is 0 Å². The Morgan fingerprint density at radius 2 is 1.47 bits per heavy atom. The molecule has 0 aliphatic heterocycles. The van der Waals surface area contributed by atoms with Gasteiger partial charge in [0.15, 0.2) is 0 Å². The predicted octanol–water partition coefficient (Wildman–Crippen LogP) is 5.86. The van der Waals surface area contributed by atoms with Crippen LogP contribution in [0.15, 0.2) is 11.6 Å². The van der Waals surface area contributed by atoms with Crippen molar-refractivity contribution in [3.05, 3.63) is 11.6 Å². The molecule has 0 aromatic heterocycles. The molecule has 0 spiro atoms. The highest BCUT2D eigenvalue weighted by atomic mass is 16.6. The van der Waals surface area contributed by atoms with E-state index >= 15 is 0 Å². The fourth-order valence-corrected chi connectivity index (χ4v) is 11.7. The first-order valence-electron chi connectivity index (χ1n) is 16.8. The number of rotatable bonds is 5. The lowest BCUT2D eigenvalue weighted by atomic mass is 9.33. The van der Waals surface area contributed by atoms with Gasteiger partial charge in [-0.25, -0.2) is 0 Å². The second-order valence-electron chi connectivity index (χ2n) is 16.8. The number of hydrogen-bond donors (Lipinski definition) is 2. The Labute approximate surface area is 267 Å². The van der Waals surface area contributed by atoms with Crippen LogP contribution in [0.25, 0.3) is 0 Å². The van der Waals surface area contributed by atoms with E-state index in [1.807, 2.05) is 6.92 Å². The molecule has 0 bridgehead atoms. The maximum Gasteiger partial charge on any atom is 0.310 e. The molecular weight excluding hydrogens is 576 g/mol. The second kappa shape index (κ2) is 10.8. The Hall–Kier alpha value is -2.42. The first kappa shape index (κ1) is 33.9. The van der Waals surface area contributed by atoms with Crippen molar-refractivity contribution in [2.75, 3.05) is 6.61 Å². The summed E-state index contributed by atoms with van der Waals surface area (Å²) in [6, 6.07) is 0. The minimum absolute atomic E-state index is 0.0157. The number of aliphatic hydroxyl groups is 1. The molecule has 5 aliphatic rings. The Kier molecular flexibility index (Phi) is 8.15. The third-order valence-electron chi connectivity index (χ3n) is 14.2. The van der Waals surface area contributed by atoms with E-state index in [9.17, 15) is 29.4 Å². The molecule has 11 atom stereocenters. The number of carbonyl (C=O) groups excluding carboxylic acids is 3. The Balaban J connectivity index is 1.64. The predicted molar refractivity (Wildman–Crippen MR) is 166 cm³/mol. The van der Waals surface area contributed by atoms with Gasteiger partial charge in [-0.3, -0.25) is 19.2 Å². The fraction of sp³-hybridized carbons (Fsp3) is 0.833. The SMILES string of the molecule is CC(=O)OC[C@]1(C)C(OC(C)=O)C(OC(C)=O)C[C@@]2(C)[C@H]1CC[C@]1(C)[C@@H]2CC=C2[C@@H]3C(O)C(C)(C)CC[C@]3(C(=O)O)CC[C@]21C. The van der Waals surface area contributed by atoms with E-state index in [1.54, 1.807) is 0 Å². The highest BCUT2D eigenvalue weighted by molar-refractivity contribution is 5.77. The standard InChI is InChI=1S/C36H54O9/c1-20(37)43-19-33(7)25-12-13-35(9)26(32(25,6)18-24(44-21(2)38)29(33)45-22(3)39)11-10-23-27-28(40)31(4,5)14-16-36(27,30(41)42)17-15-34(23,35)8/h10,24-29,40H,11-19H2,1-9H3,(H,41,42)/t24?,25-,26-,27-,28?,29?,32+,33+,34-,35-,36+/m1/s1. The van der Waals surface area contributed by atoms with Crippen LogP contribution in [0.3, 0.4) is 0 Å². The summed E-state index contributed by atoms with van der Waals surface area (Å²) in [5, 5.41) is 22.5. The summed E-state index contributed by atoms with van der Waals surface area (Å²) in [5.74, 6) is -2.52. The summed E-state index contributed by atoms with van der Waals surface area (Å²) in [5.41, 5.74) is -2.07. The number of fused-ring (bicyclic) bond motifs is 7. The van der Waals surface area contributed by atoms with Gasteiger partial charge in [0.25, 0.3) is 0 Å². The summed E-state index contributed by atoms with van der Waals surface area (Å²) in [6.45, 7) is 17.1. The van der Waals surface area contributed by atoms with Gasteiger partial charge in [0.05, 0.1) is 11.5 Å². The van der Waals surface area contributed by atoms with Crippen molar-refractivity contribution in [2.24, 2.45) is 50.2 Å². The van der Waals surface area contributed by atoms with Gasteiger partial charge in [-0.05, 0) is 84.9 Å². The summed E-state index contributed by atoms with van der Waals surface area (Å²) in [7, 11) is 0. The summed E-state index contributed by atoms with van der Waals surface area (Å²) >= 11 is 0. The van der Waals surface area contributed by atoms with Gasteiger partial charge in [-0.15, -0.1) is 0 Å². The zero-order chi connectivity index (χ0) is 33.5. The van der Waals surface area contributed by atoms with Crippen molar-refractivity contribution in [3.63, 3.8) is 0 Å². The number of aliphatic carboxylic acids is 1. The third-order valence-corrected chi connectivity index (χ3v) is 14.2. The molecule has 252 valence electrons. The largest absolute Gasteiger partial charge is 0.481 e. The Bertz CT molecular complexity index is 1300. The van der Waals surface area contributed by atoms with E-state index in [-0.39, 0.29) is 29.3 Å². The van der Waals surface area contributed by atoms with Gasteiger partial charge in [0.1, 0.15) is 18.8 Å². The lowest BCUT2D eigenvalue weighted by Gasteiger charge is -2.72. The number of esters is 3. The third kappa shape index (κ3) is 4.79. The van der Waals surface area contributed by atoms with Crippen LogP contribution in [0, 0.1) is 50.2 Å². The summed E-state index contributed by atoms with van der Waals surface area (Å²) < 4.78 is 17.5. The van der Waals surface area contributed by atoms with E-state index in [4.69, 9.17) is 14.2 Å². The normalized spacial score (nSPS) is 46.6. The smallest absolute Gasteiger partial charge is 0.310 e. The highest BCUT2D eigenvalue weighted by Gasteiger charge is 2.72. The van der Waals surface area contributed by atoms with Crippen LogP contribution in [-0.2, 0) is 33.4 Å². The van der Waals surface area contributed by atoms with Crippen LogP contribution < -0.4 is 0 Å². The molecule has 0 heterocycles. The Morgan fingerprint density at radius 1 is 0.844 bits per heavy atom. The van der Waals surface area contributed by atoms with Gasteiger partial charge in [-0.1, -0.05) is 53.2 Å². The lowest BCUT2D eigenvalue weighted by molar-refractivity contribution is -0.257. The maximum absolute atomic E-state index is 13.0. The topological polar surface area (TPSA) is 136 Å². The number of ether oxygens (including phenoxy) is 3. The van der Waals surface area contributed by atoms with Crippen molar-refractivity contribution in [2.45, 2.75) is 132 Å². The molecular formula is C36H54O9. The van der Waals surface area contributed by atoms with Gasteiger partial charge in [-0.2, -0.15) is 0 Å². The fourth-order valence-electron chi connectivity index (χ4n) is 11.7. The van der Waals surface area contributed by atoms with E-state index < -0.39 is 69.8 Å². The number of aliphatic hydroxyl groups excluding tert-OH is 1. The molecule has 0 saturated heterocycles. The monoisotopic (exact) mass is 630 g/mol. The molecule has 45 heavy (non-hydrogen) atoms. The molecule has 0 aromatic carbocycles. The van der Waals surface area contributed by atoms with Gasteiger partial charge < -0.3 is 24.4 Å². The molecule has 4 saturated carbocycles. The van der Waals surface area contributed by atoms with Crippen molar-refractivity contribution < 1.29 is 43.6 Å². The summed E-state index contributed by atoms with van der Waals surface area (Å²) in [6.07, 6.45) is 5.26. The van der Waals surface area contributed by atoms with Crippen molar-refractivity contribution in [3.8, 4) is 0 Å². The van der Waals surface area contributed by atoms with Gasteiger partial charge in [0, 0.05) is 32.1 Å². The molecule has 0 amide bonds. The van der Waals surface area contributed by atoms with Gasteiger partial charge >= 0.3 is 23.9 Å². The first-order valence-corrected chi connectivity index (χ1v) is 16.8. The quantitative estimate of drug-likeness (QED) is 0.217. The molecule has 5 aliphatic carbocycles.